The van der Waals surface area contributed by atoms with Crippen LogP contribution in [0.3, 0.4) is 0 Å². The van der Waals surface area contributed by atoms with Crippen molar-refractivity contribution >= 4 is 0 Å². The molecule has 2 N–H and O–H groups in total. The fraction of sp³-hybridized carbons (Fsp3) is 1.00. The van der Waals surface area contributed by atoms with Crippen LogP contribution >= 0.6 is 0 Å². The summed E-state index contributed by atoms with van der Waals surface area (Å²) in [7, 11) is 0. The minimum absolute atomic E-state index is 0.221. The molecule has 0 radical (unpaired) electrons. The third kappa shape index (κ3) is 1.47. The summed E-state index contributed by atoms with van der Waals surface area (Å²) in [6.45, 7) is 3.30. The Morgan fingerprint density at radius 3 is 2.54 bits per heavy atom. The first-order valence-electron chi connectivity index (χ1n) is 4.33. The molecule has 2 heterocycles. The third-order valence-corrected chi connectivity index (χ3v) is 2.29. The summed E-state index contributed by atoms with van der Waals surface area (Å²) >= 11 is 0. The first-order valence-corrected chi connectivity index (χ1v) is 4.33. The molecule has 2 fully saturated rings. The smallest absolute Gasteiger partial charge is 0.190 e. The number of rotatable bonds is 1. The molecule has 0 aromatic heterocycles. The molecule has 0 saturated carbocycles. The maximum absolute atomic E-state index is 9.60. The number of aliphatic hydroxyl groups is 2. The van der Waals surface area contributed by atoms with Crippen molar-refractivity contribution in [2.24, 2.45) is 0 Å². The van der Waals surface area contributed by atoms with E-state index in [-0.39, 0.29) is 6.61 Å². The van der Waals surface area contributed by atoms with Crippen LogP contribution in [0.1, 0.15) is 13.8 Å². The number of hydrogen-bond acceptors (Lipinski definition) is 5. The summed E-state index contributed by atoms with van der Waals surface area (Å²) in [6.07, 6.45) is -2.43. The highest BCUT2D eigenvalue weighted by Gasteiger charge is 2.53. The Kier molecular flexibility index (Phi) is 2.08. The molecule has 13 heavy (non-hydrogen) atoms. The SMILES string of the molecule is CC1(C)O[C@@H]2O[C@H](CO)[C@@H](O)[C@@H]2O1. The van der Waals surface area contributed by atoms with Crippen molar-refractivity contribution in [2.75, 3.05) is 6.61 Å². The van der Waals surface area contributed by atoms with E-state index < -0.39 is 30.4 Å². The maximum Gasteiger partial charge on any atom is 0.190 e. The summed E-state index contributed by atoms with van der Waals surface area (Å²) < 4.78 is 16.0. The van der Waals surface area contributed by atoms with Crippen molar-refractivity contribution in [1.29, 1.82) is 0 Å². The van der Waals surface area contributed by atoms with Crippen molar-refractivity contribution in [3.63, 3.8) is 0 Å². The average Bonchev–Trinajstić information content (AvgIpc) is 2.47. The van der Waals surface area contributed by atoms with Gasteiger partial charge in [-0.05, 0) is 13.8 Å². The second-order valence-corrected chi connectivity index (χ2v) is 3.82. The van der Waals surface area contributed by atoms with Gasteiger partial charge in [0.25, 0.3) is 0 Å². The fourth-order valence-corrected chi connectivity index (χ4v) is 1.71. The lowest BCUT2D eigenvalue weighted by atomic mass is 10.1. The lowest BCUT2D eigenvalue weighted by Crippen LogP contribution is -2.36. The second-order valence-electron chi connectivity index (χ2n) is 3.82. The fourth-order valence-electron chi connectivity index (χ4n) is 1.71. The van der Waals surface area contributed by atoms with Crippen LogP contribution in [0.25, 0.3) is 0 Å². The van der Waals surface area contributed by atoms with E-state index in [2.05, 4.69) is 0 Å². The van der Waals surface area contributed by atoms with Gasteiger partial charge < -0.3 is 24.4 Å². The van der Waals surface area contributed by atoms with Crippen LogP contribution < -0.4 is 0 Å². The van der Waals surface area contributed by atoms with Crippen LogP contribution in [0.2, 0.25) is 0 Å². The summed E-state index contributed by atoms with van der Waals surface area (Å²) in [5.74, 6) is -0.712. The zero-order chi connectivity index (χ0) is 9.64. The van der Waals surface area contributed by atoms with Gasteiger partial charge in [-0.25, -0.2) is 0 Å². The van der Waals surface area contributed by atoms with Gasteiger partial charge in [-0.15, -0.1) is 0 Å². The molecule has 0 aromatic carbocycles. The predicted octanol–water partition coefficient (Wildman–Crippen LogP) is -0.784. The van der Waals surface area contributed by atoms with Crippen molar-refractivity contribution in [3.8, 4) is 0 Å². The Bertz CT molecular complexity index is 205. The minimum atomic E-state index is -0.809. The molecule has 0 aromatic rings. The quantitative estimate of drug-likeness (QED) is 0.567. The Hall–Kier alpha value is -0.200. The molecule has 4 atom stereocenters. The van der Waals surface area contributed by atoms with Gasteiger partial charge in [-0.1, -0.05) is 0 Å². The van der Waals surface area contributed by atoms with E-state index in [0.717, 1.165) is 0 Å². The molecule has 0 aliphatic carbocycles. The molecule has 2 aliphatic heterocycles. The van der Waals surface area contributed by atoms with E-state index in [0.29, 0.717) is 0 Å². The van der Waals surface area contributed by atoms with Crippen LogP contribution in [0.4, 0.5) is 0 Å². The molecule has 0 unspecified atom stereocenters. The van der Waals surface area contributed by atoms with Gasteiger partial charge in [0.2, 0.25) is 0 Å². The van der Waals surface area contributed by atoms with Crippen LogP contribution in [0.15, 0.2) is 0 Å². The highest BCUT2D eigenvalue weighted by atomic mass is 16.8. The van der Waals surface area contributed by atoms with Gasteiger partial charge in [-0.2, -0.15) is 0 Å². The van der Waals surface area contributed by atoms with Gasteiger partial charge in [0.15, 0.2) is 12.1 Å². The normalized spacial score (nSPS) is 48.0. The van der Waals surface area contributed by atoms with E-state index in [1.54, 1.807) is 13.8 Å². The summed E-state index contributed by atoms with van der Waals surface area (Å²) in [5, 5.41) is 18.4. The Labute approximate surface area is 76.2 Å². The van der Waals surface area contributed by atoms with Crippen LogP contribution in [0, 0.1) is 0 Å². The van der Waals surface area contributed by atoms with Gasteiger partial charge in [-0.3, -0.25) is 0 Å². The predicted molar refractivity (Wildman–Crippen MR) is 41.8 cm³/mol. The maximum atomic E-state index is 9.60. The first-order chi connectivity index (χ1) is 6.03. The molecular formula is C8H14O5. The zero-order valence-corrected chi connectivity index (χ0v) is 7.64. The Morgan fingerprint density at radius 1 is 1.31 bits per heavy atom. The highest BCUT2D eigenvalue weighted by molar-refractivity contribution is 4.92. The van der Waals surface area contributed by atoms with Gasteiger partial charge in [0.1, 0.15) is 18.3 Å². The molecule has 2 saturated heterocycles. The van der Waals surface area contributed by atoms with Crippen LogP contribution in [-0.4, -0.2) is 47.2 Å². The lowest BCUT2D eigenvalue weighted by molar-refractivity contribution is -0.218. The highest BCUT2D eigenvalue weighted by Crippen LogP contribution is 2.36. The van der Waals surface area contributed by atoms with E-state index >= 15 is 0 Å². The Balaban J connectivity index is 2.07. The molecule has 0 bridgehead atoms. The monoisotopic (exact) mass is 190 g/mol. The molecule has 0 amide bonds. The van der Waals surface area contributed by atoms with Crippen molar-refractivity contribution in [2.45, 2.75) is 44.2 Å². The molecule has 5 heteroatoms. The molecule has 5 nitrogen and oxygen atoms in total. The average molecular weight is 190 g/mol. The minimum Gasteiger partial charge on any atom is -0.394 e. The van der Waals surface area contributed by atoms with Gasteiger partial charge >= 0.3 is 0 Å². The van der Waals surface area contributed by atoms with E-state index in [4.69, 9.17) is 19.3 Å². The van der Waals surface area contributed by atoms with Crippen molar-refractivity contribution in [3.05, 3.63) is 0 Å². The van der Waals surface area contributed by atoms with Gasteiger partial charge in [0.05, 0.1) is 6.61 Å². The summed E-state index contributed by atoms with van der Waals surface area (Å²) in [4.78, 5) is 0. The third-order valence-electron chi connectivity index (χ3n) is 2.29. The number of aliphatic hydroxyl groups excluding tert-OH is 2. The van der Waals surface area contributed by atoms with Crippen LogP contribution in [0.5, 0.6) is 0 Å². The number of fused-ring (bicyclic) bond motifs is 1. The van der Waals surface area contributed by atoms with E-state index in [1.165, 1.54) is 0 Å². The van der Waals surface area contributed by atoms with Gasteiger partial charge in [0, 0.05) is 0 Å². The number of ether oxygens (including phenoxy) is 3. The lowest BCUT2D eigenvalue weighted by Gasteiger charge is -2.21. The zero-order valence-electron chi connectivity index (χ0n) is 7.64. The number of hydrogen-bond donors (Lipinski definition) is 2. The molecule has 2 aliphatic rings. The van der Waals surface area contributed by atoms with Crippen molar-refractivity contribution < 1.29 is 24.4 Å². The molecule has 0 spiro atoms. The first kappa shape index (κ1) is 9.36. The second kappa shape index (κ2) is 2.90. The summed E-state index contributed by atoms with van der Waals surface area (Å²) in [5.41, 5.74) is 0. The van der Waals surface area contributed by atoms with E-state index in [1.807, 2.05) is 0 Å². The largest absolute Gasteiger partial charge is 0.394 e. The summed E-state index contributed by atoms with van der Waals surface area (Å²) in [6, 6.07) is 0. The Morgan fingerprint density at radius 2 is 2.00 bits per heavy atom. The molecule has 76 valence electrons. The topological polar surface area (TPSA) is 68.2 Å². The molecular weight excluding hydrogens is 176 g/mol. The molecule has 2 rings (SSSR count). The van der Waals surface area contributed by atoms with Crippen LogP contribution in [-0.2, 0) is 14.2 Å². The van der Waals surface area contributed by atoms with Crippen molar-refractivity contribution in [1.82, 2.24) is 0 Å². The van der Waals surface area contributed by atoms with E-state index in [9.17, 15) is 5.11 Å². The standard InChI is InChI=1S/C8H14O5/c1-8(2)12-6-5(10)4(3-9)11-7(6)13-8/h4-7,9-10H,3H2,1-2H3/t4-,5-,6+,7+/m1/s1.